The molecule has 92 valence electrons. The van der Waals surface area contributed by atoms with Crippen molar-refractivity contribution < 1.29 is 9.90 Å². The lowest BCUT2D eigenvalue weighted by Gasteiger charge is -2.51. The molecule has 16 heavy (non-hydrogen) atoms. The molecule has 0 aromatic rings. The van der Waals surface area contributed by atoms with E-state index in [0.717, 1.165) is 6.54 Å². The summed E-state index contributed by atoms with van der Waals surface area (Å²) in [4.78, 5) is 15.8. The van der Waals surface area contributed by atoms with Crippen LogP contribution in [-0.4, -0.2) is 59.1 Å². The van der Waals surface area contributed by atoms with Gasteiger partial charge in [0.05, 0.1) is 0 Å². The fourth-order valence-corrected chi connectivity index (χ4v) is 2.94. The molecule has 3 aliphatic heterocycles. The van der Waals surface area contributed by atoms with Crippen LogP contribution in [0.15, 0.2) is 0 Å². The van der Waals surface area contributed by atoms with Crippen molar-refractivity contribution >= 4 is 5.97 Å². The average Bonchev–Trinajstić information content (AvgIpc) is 2.29. The number of nitrogens with zero attached hydrogens (tertiary/aromatic N) is 2. The number of carbonyl (C=O) groups is 1. The van der Waals surface area contributed by atoms with Gasteiger partial charge in [0.15, 0.2) is 0 Å². The van der Waals surface area contributed by atoms with E-state index in [1.54, 1.807) is 13.8 Å². The number of aliphatic carboxylic acids is 1. The van der Waals surface area contributed by atoms with Crippen molar-refractivity contribution in [1.29, 1.82) is 0 Å². The second-order valence-electron chi connectivity index (χ2n) is 5.68. The SMILES string of the molecule is CN(C1CN2CCC1CC2)C(C)(C)C(=O)O. The highest BCUT2D eigenvalue weighted by Crippen LogP contribution is 2.33. The Bertz CT molecular complexity index is 283. The molecular formula is C12H22N2O2. The molecule has 0 spiro atoms. The maximum Gasteiger partial charge on any atom is 0.323 e. The average molecular weight is 226 g/mol. The summed E-state index contributed by atoms with van der Waals surface area (Å²) in [5, 5.41) is 9.26. The number of fused-ring (bicyclic) bond motifs is 3. The summed E-state index contributed by atoms with van der Waals surface area (Å²) in [5.74, 6) is -0.0416. The largest absolute Gasteiger partial charge is 0.480 e. The van der Waals surface area contributed by atoms with E-state index in [9.17, 15) is 9.90 Å². The number of piperidine rings is 3. The van der Waals surface area contributed by atoms with Crippen molar-refractivity contribution in [2.75, 3.05) is 26.7 Å². The molecule has 0 aliphatic carbocycles. The second-order valence-corrected chi connectivity index (χ2v) is 5.68. The van der Waals surface area contributed by atoms with E-state index in [4.69, 9.17) is 0 Å². The normalized spacial score (nSPS) is 34.4. The van der Waals surface area contributed by atoms with Gasteiger partial charge in [-0.2, -0.15) is 0 Å². The minimum Gasteiger partial charge on any atom is -0.480 e. The Morgan fingerprint density at radius 3 is 2.31 bits per heavy atom. The molecule has 2 bridgehead atoms. The third-order valence-electron chi connectivity index (χ3n) is 4.52. The van der Waals surface area contributed by atoms with Crippen LogP contribution < -0.4 is 0 Å². The molecule has 3 rings (SSSR count). The van der Waals surface area contributed by atoms with Crippen molar-refractivity contribution in [2.45, 2.75) is 38.3 Å². The van der Waals surface area contributed by atoms with Crippen LogP contribution in [-0.2, 0) is 4.79 Å². The molecule has 4 nitrogen and oxygen atoms in total. The summed E-state index contributed by atoms with van der Waals surface area (Å²) >= 11 is 0. The van der Waals surface area contributed by atoms with E-state index in [1.807, 2.05) is 7.05 Å². The first-order chi connectivity index (χ1) is 7.43. The lowest BCUT2D eigenvalue weighted by atomic mass is 9.81. The number of carboxylic acid groups (broad SMARTS) is 1. The predicted molar refractivity (Wildman–Crippen MR) is 62.4 cm³/mol. The third kappa shape index (κ3) is 1.84. The molecule has 3 fully saturated rings. The van der Waals surface area contributed by atoms with Crippen LogP contribution >= 0.6 is 0 Å². The highest BCUT2D eigenvalue weighted by atomic mass is 16.4. The van der Waals surface area contributed by atoms with Gasteiger partial charge in [-0.3, -0.25) is 9.69 Å². The van der Waals surface area contributed by atoms with Crippen molar-refractivity contribution in [1.82, 2.24) is 9.80 Å². The molecule has 3 saturated heterocycles. The highest BCUT2D eigenvalue weighted by molar-refractivity contribution is 5.77. The van der Waals surface area contributed by atoms with Crippen LogP contribution in [0.25, 0.3) is 0 Å². The van der Waals surface area contributed by atoms with Crippen molar-refractivity contribution in [2.24, 2.45) is 5.92 Å². The smallest absolute Gasteiger partial charge is 0.323 e. The Morgan fingerprint density at radius 2 is 1.94 bits per heavy atom. The molecule has 0 radical (unpaired) electrons. The Labute approximate surface area is 97.2 Å². The van der Waals surface area contributed by atoms with Crippen LogP contribution in [0.4, 0.5) is 0 Å². The second kappa shape index (κ2) is 4.00. The van der Waals surface area contributed by atoms with Crippen molar-refractivity contribution in [3.8, 4) is 0 Å². The molecule has 0 saturated carbocycles. The number of hydrogen-bond donors (Lipinski definition) is 1. The molecule has 0 aromatic carbocycles. The number of carboxylic acids is 1. The molecule has 3 heterocycles. The number of likely N-dealkylation sites (N-methyl/N-ethyl adjacent to an activating group) is 1. The molecule has 3 aliphatic rings. The molecule has 0 amide bonds. The van der Waals surface area contributed by atoms with Gasteiger partial charge in [0, 0.05) is 12.6 Å². The fraction of sp³-hybridized carbons (Fsp3) is 0.917. The van der Waals surface area contributed by atoms with Gasteiger partial charge in [0.25, 0.3) is 0 Å². The Balaban J connectivity index is 2.10. The molecule has 4 heteroatoms. The van der Waals surface area contributed by atoms with Gasteiger partial charge in [0.2, 0.25) is 0 Å². The van der Waals surface area contributed by atoms with Gasteiger partial charge in [0.1, 0.15) is 5.54 Å². The zero-order chi connectivity index (χ0) is 11.9. The molecule has 1 unspecified atom stereocenters. The van der Waals surface area contributed by atoms with Crippen LogP contribution in [0, 0.1) is 5.92 Å². The van der Waals surface area contributed by atoms with Crippen LogP contribution in [0.2, 0.25) is 0 Å². The van der Waals surface area contributed by atoms with E-state index in [2.05, 4.69) is 9.80 Å². The first kappa shape index (κ1) is 11.9. The summed E-state index contributed by atoms with van der Waals surface area (Å²) in [6.07, 6.45) is 2.45. The van der Waals surface area contributed by atoms with E-state index < -0.39 is 11.5 Å². The Hall–Kier alpha value is -0.610. The fourth-order valence-electron chi connectivity index (χ4n) is 2.94. The maximum atomic E-state index is 11.3. The first-order valence-corrected chi connectivity index (χ1v) is 6.11. The van der Waals surface area contributed by atoms with Gasteiger partial charge in [-0.25, -0.2) is 0 Å². The van der Waals surface area contributed by atoms with Crippen LogP contribution in [0.5, 0.6) is 0 Å². The zero-order valence-corrected chi connectivity index (χ0v) is 10.4. The minimum absolute atomic E-state index is 0.411. The standard InChI is InChI=1S/C12H22N2O2/c1-12(2,11(15)16)13(3)10-8-14-6-4-9(10)5-7-14/h9-10H,4-8H2,1-3H3,(H,15,16). The van der Waals surface area contributed by atoms with E-state index >= 15 is 0 Å². The highest BCUT2D eigenvalue weighted by Gasteiger charge is 2.43. The topological polar surface area (TPSA) is 43.8 Å². The van der Waals surface area contributed by atoms with Gasteiger partial charge in [-0.1, -0.05) is 0 Å². The van der Waals surface area contributed by atoms with E-state index in [1.165, 1.54) is 25.9 Å². The van der Waals surface area contributed by atoms with Gasteiger partial charge in [-0.15, -0.1) is 0 Å². The zero-order valence-electron chi connectivity index (χ0n) is 10.4. The maximum absolute atomic E-state index is 11.3. The van der Waals surface area contributed by atoms with Gasteiger partial charge >= 0.3 is 5.97 Å². The van der Waals surface area contributed by atoms with E-state index in [-0.39, 0.29) is 0 Å². The molecule has 1 N–H and O–H groups in total. The summed E-state index contributed by atoms with van der Waals surface area (Å²) in [6.45, 7) is 7.03. The first-order valence-electron chi connectivity index (χ1n) is 6.11. The lowest BCUT2D eigenvalue weighted by molar-refractivity contribution is -0.152. The van der Waals surface area contributed by atoms with E-state index in [0.29, 0.717) is 12.0 Å². The molecule has 0 aromatic heterocycles. The predicted octanol–water partition coefficient (Wildman–Crippen LogP) is 0.876. The van der Waals surface area contributed by atoms with Gasteiger partial charge < -0.3 is 10.0 Å². The van der Waals surface area contributed by atoms with Crippen molar-refractivity contribution in [3.63, 3.8) is 0 Å². The Morgan fingerprint density at radius 1 is 1.38 bits per heavy atom. The van der Waals surface area contributed by atoms with Gasteiger partial charge in [-0.05, 0) is 52.7 Å². The number of rotatable bonds is 3. The summed E-state index contributed by atoms with van der Waals surface area (Å²) in [6, 6.07) is 0.411. The van der Waals surface area contributed by atoms with Crippen LogP contribution in [0.1, 0.15) is 26.7 Å². The van der Waals surface area contributed by atoms with Crippen LogP contribution in [0.3, 0.4) is 0 Å². The minimum atomic E-state index is -0.761. The lowest BCUT2D eigenvalue weighted by Crippen LogP contribution is -2.62. The molecule has 1 atom stereocenters. The number of hydrogen-bond acceptors (Lipinski definition) is 3. The summed E-state index contributed by atoms with van der Waals surface area (Å²) < 4.78 is 0. The molecular weight excluding hydrogens is 204 g/mol. The van der Waals surface area contributed by atoms with Crippen molar-refractivity contribution in [3.05, 3.63) is 0 Å². The Kier molecular flexibility index (Phi) is 2.97. The quantitative estimate of drug-likeness (QED) is 0.775. The monoisotopic (exact) mass is 226 g/mol. The third-order valence-corrected chi connectivity index (χ3v) is 4.52. The summed E-state index contributed by atoms with van der Waals surface area (Å²) in [7, 11) is 1.96. The summed E-state index contributed by atoms with van der Waals surface area (Å²) in [5.41, 5.74) is -0.761.